The molecule has 4 rings (SSSR count). The van der Waals surface area contributed by atoms with Crippen molar-refractivity contribution in [3.05, 3.63) is 89.7 Å². The van der Waals surface area contributed by atoms with Crippen LogP contribution < -0.4 is 9.47 Å². The lowest BCUT2D eigenvalue weighted by molar-refractivity contribution is 0.0917. The number of aryl methyl sites for hydroxylation is 2. The van der Waals surface area contributed by atoms with Gasteiger partial charge in [0.05, 0.1) is 17.6 Å². The molecule has 1 aromatic heterocycles. The minimum atomic E-state index is -0.681. The molecule has 1 N–H and O–H groups in total. The van der Waals surface area contributed by atoms with Crippen LogP contribution in [0.15, 0.2) is 72.8 Å². The molecule has 1 heterocycles. The van der Waals surface area contributed by atoms with Crippen LogP contribution in [0.2, 0.25) is 0 Å². The molecule has 154 valence electrons. The van der Waals surface area contributed by atoms with E-state index in [4.69, 9.17) is 14.5 Å². The number of aliphatic hydroxyl groups is 1. The zero-order valence-corrected chi connectivity index (χ0v) is 17.3. The molecule has 0 aliphatic heterocycles. The minimum Gasteiger partial charge on any atom is -0.491 e. The molecule has 3 aromatic carbocycles. The van der Waals surface area contributed by atoms with Gasteiger partial charge >= 0.3 is 0 Å². The zero-order valence-electron chi connectivity index (χ0n) is 17.3. The number of para-hydroxylation sites is 3. The highest BCUT2D eigenvalue weighted by atomic mass is 16.5. The molecule has 0 aliphatic rings. The van der Waals surface area contributed by atoms with Crippen LogP contribution in [-0.2, 0) is 13.2 Å². The third kappa shape index (κ3) is 4.63. The average Bonchev–Trinajstić information content (AvgIpc) is 3.11. The van der Waals surface area contributed by atoms with E-state index in [9.17, 15) is 5.11 Å². The molecule has 5 heteroatoms. The van der Waals surface area contributed by atoms with E-state index in [1.165, 1.54) is 11.1 Å². The van der Waals surface area contributed by atoms with Crippen molar-refractivity contribution in [2.45, 2.75) is 33.1 Å². The van der Waals surface area contributed by atoms with Crippen LogP contribution in [0.1, 0.15) is 17.0 Å². The maximum Gasteiger partial charge on any atom is 0.148 e. The van der Waals surface area contributed by atoms with Crippen LogP contribution in [0.5, 0.6) is 11.5 Å². The third-order valence-corrected chi connectivity index (χ3v) is 5.16. The Morgan fingerprint density at radius 3 is 2.43 bits per heavy atom. The Morgan fingerprint density at radius 2 is 1.63 bits per heavy atom. The van der Waals surface area contributed by atoms with Gasteiger partial charge in [-0.3, -0.25) is 0 Å². The normalized spacial score (nSPS) is 12.1. The van der Waals surface area contributed by atoms with Gasteiger partial charge in [-0.05, 0) is 61.4 Å². The Morgan fingerprint density at radius 1 is 0.867 bits per heavy atom. The van der Waals surface area contributed by atoms with E-state index in [0.29, 0.717) is 13.2 Å². The Kier molecular flexibility index (Phi) is 6.00. The molecule has 4 aromatic rings. The molecule has 0 aliphatic carbocycles. The summed E-state index contributed by atoms with van der Waals surface area (Å²) in [6.45, 7) is 5.02. The van der Waals surface area contributed by atoms with Crippen molar-refractivity contribution < 1.29 is 14.6 Å². The molecule has 5 nitrogen and oxygen atoms in total. The molecule has 0 spiro atoms. The van der Waals surface area contributed by atoms with Crippen molar-refractivity contribution in [2.24, 2.45) is 0 Å². The summed E-state index contributed by atoms with van der Waals surface area (Å²) in [5.41, 5.74) is 4.24. The molecule has 0 bridgehead atoms. The number of fused-ring (bicyclic) bond motifs is 1. The number of rotatable bonds is 8. The van der Waals surface area contributed by atoms with Gasteiger partial charge in [-0.2, -0.15) is 0 Å². The van der Waals surface area contributed by atoms with Crippen LogP contribution in [0, 0.1) is 13.8 Å². The lowest BCUT2D eigenvalue weighted by atomic mass is 10.1. The van der Waals surface area contributed by atoms with Gasteiger partial charge in [-0.25, -0.2) is 4.98 Å². The maximum atomic E-state index is 10.7. The number of aliphatic hydroxyl groups excluding tert-OH is 1. The van der Waals surface area contributed by atoms with Crippen molar-refractivity contribution in [1.29, 1.82) is 0 Å². The fraction of sp³-hybridized carbons (Fsp3) is 0.240. The Bertz CT molecular complexity index is 1120. The Balaban J connectivity index is 1.48. The summed E-state index contributed by atoms with van der Waals surface area (Å²) in [6.07, 6.45) is -0.681. The summed E-state index contributed by atoms with van der Waals surface area (Å²) in [6, 6.07) is 23.5. The maximum absolute atomic E-state index is 10.7. The van der Waals surface area contributed by atoms with E-state index in [-0.39, 0.29) is 6.61 Å². The fourth-order valence-electron chi connectivity index (χ4n) is 3.36. The summed E-state index contributed by atoms with van der Waals surface area (Å²) in [4.78, 5) is 4.71. The average molecular weight is 402 g/mol. The third-order valence-electron chi connectivity index (χ3n) is 5.16. The molecule has 0 unspecified atom stereocenters. The molecule has 30 heavy (non-hydrogen) atoms. The van der Waals surface area contributed by atoms with Crippen molar-refractivity contribution in [3.63, 3.8) is 0 Å². The van der Waals surface area contributed by atoms with Crippen molar-refractivity contribution in [3.8, 4) is 11.5 Å². The Labute approximate surface area is 176 Å². The fourth-order valence-corrected chi connectivity index (χ4v) is 3.36. The standard InChI is InChI=1S/C25H26N2O3/c1-18-12-13-22(14-19(18)2)29-16-20(28)15-27-24-11-7-6-10-23(24)26-25(27)17-30-21-8-4-3-5-9-21/h3-14,20,28H,15-17H2,1-2H3/t20-/m0/s1. The van der Waals surface area contributed by atoms with Crippen molar-refractivity contribution in [1.82, 2.24) is 9.55 Å². The number of imidazole rings is 1. The lowest BCUT2D eigenvalue weighted by Crippen LogP contribution is -2.25. The SMILES string of the molecule is Cc1ccc(OC[C@@H](O)Cn2c(COc3ccccc3)nc3ccccc32)cc1C. The quantitative estimate of drug-likeness (QED) is 0.465. The summed E-state index contributed by atoms with van der Waals surface area (Å²) in [5, 5.41) is 10.7. The number of aromatic nitrogens is 2. The van der Waals surface area contributed by atoms with Gasteiger partial charge in [0, 0.05) is 0 Å². The first-order valence-corrected chi connectivity index (χ1v) is 10.1. The number of hydrogen-bond acceptors (Lipinski definition) is 4. The van der Waals surface area contributed by atoms with E-state index in [2.05, 4.69) is 13.8 Å². The van der Waals surface area contributed by atoms with Gasteiger partial charge in [-0.15, -0.1) is 0 Å². The van der Waals surface area contributed by atoms with Gasteiger partial charge < -0.3 is 19.1 Å². The monoisotopic (exact) mass is 402 g/mol. The first-order chi connectivity index (χ1) is 14.6. The first kappa shape index (κ1) is 20.0. The van der Waals surface area contributed by atoms with E-state index in [1.807, 2.05) is 77.4 Å². The lowest BCUT2D eigenvalue weighted by Gasteiger charge is -2.16. The molecule has 0 radical (unpaired) electrons. The van der Waals surface area contributed by atoms with Crippen LogP contribution in [0.25, 0.3) is 11.0 Å². The summed E-state index contributed by atoms with van der Waals surface area (Å²) < 4.78 is 13.7. The van der Waals surface area contributed by atoms with Crippen LogP contribution >= 0.6 is 0 Å². The van der Waals surface area contributed by atoms with Gasteiger partial charge in [0.15, 0.2) is 0 Å². The summed E-state index contributed by atoms with van der Waals surface area (Å²) in [5.74, 6) is 2.32. The largest absolute Gasteiger partial charge is 0.491 e. The molecule has 1 atom stereocenters. The number of benzene rings is 3. The van der Waals surface area contributed by atoms with Gasteiger partial charge in [0.25, 0.3) is 0 Å². The molecular weight excluding hydrogens is 376 g/mol. The minimum absolute atomic E-state index is 0.202. The molecule has 0 saturated heterocycles. The Hall–Kier alpha value is -3.31. The molecule has 0 saturated carbocycles. The van der Waals surface area contributed by atoms with E-state index in [0.717, 1.165) is 28.4 Å². The van der Waals surface area contributed by atoms with Crippen LogP contribution in [-0.4, -0.2) is 27.4 Å². The molecule has 0 fully saturated rings. The second-order valence-corrected chi connectivity index (χ2v) is 7.44. The van der Waals surface area contributed by atoms with Crippen LogP contribution in [0.4, 0.5) is 0 Å². The first-order valence-electron chi connectivity index (χ1n) is 10.1. The molecular formula is C25H26N2O3. The van der Waals surface area contributed by atoms with Gasteiger partial charge in [0.1, 0.15) is 36.6 Å². The van der Waals surface area contributed by atoms with Gasteiger partial charge in [0.2, 0.25) is 0 Å². The van der Waals surface area contributed by atoms with E-state index < -0.39 is 6.10 Å². The second-order valence-electron chi connectivity index (χ2n) is 7.44. The molecule has 0 amide bonds. The van der Waals surface area contributed by atoms with E-state index in [1.54, 1.807) is 0 Å². The second kappa shape index (κ2) is 9.01. The highest BCUT2D eigenvalue weighted by molar-refractivity contribution is 5.75. The number of hydrogen-bond donors (Lipinski definition) is 1. The number of nitrogens with zero attached hydrogens (tertiary/aromatic N) is 2. The zero-order chi connectivity index (χ0) is 20.9. The number of ether oxygens (including phenoxy) is 2. The summed E-state index contributed by atoms with van der Waals surface area (Å²) >= 11 is 0. The van der Waals surface area contributed by atoms with Crippen molar-refractivity contribution >= 4 is 11.0 Å². The van der Waals surface area contributed by atoms with Crippen LogP contribution in [0.3, 0.4) is 0 Å². The topological polar surface area (TPSA) is 56.5 Å². The van der Waals surface area contributed by atoms with Gasteiger partial charge in [-0.1, -0.05) is 36.4 Å². The predicted octanol–water partition coefficient (Wildman–Crippen LogP) is 4.67. The smallest absolute Gasteiger partial charge is 0.148 e. The predicted molar refractivity (Wildman–Crippen MR) is 118 cm³/mol. The highest BCUT2D eigenvalue weighted by Crippen LogP contribution is 2.20. The summed E-state index contributed by atoms with van der Waals surface area (Å²) in [7, 11) is 0. The van der Waals surface area contributed by atoms with Crippen molar-refractivity contribution in [2.75, 3.05) is 6.61 Å². The van der Waals surface area contributed by atoms with E-state index >= 15 is 0 Å². The highest BCUT2D eigenvalue weighted by Gasteiger charge is 2.15.